The Labute approximate surface area is 87.6 Å². The predicted octanol–water partition coefficient (Wildman–Crippen LogP) is 2.22. The molecule has 15 heavy (non-hydrogen) atoms. The van der Waals surface area contributed by atoms with Crippen LogP contribution in [0.5, 0.6) is 0 Å². The maximum Gasteiger partial charge on any atom is 0.193 e. The number of rotatable bonds is 0. The second-order valence-electron chi connectivity index (χ2n) is 3.70. The van der Waals surface area contributed by atoms with Crippen molar-refractivity contribution >= 4 is 5.78 Å². The van der Waals surface area contributed by atoms with Gasteiger partial charge in [-0.1, -0.05) is 24.3 Å². The molecule has 72 valence electrons. The summed E-state index contributed by atoms with van der Waals surface area (Å²) in [6, 6.07) is 9.56. The Kier molecular flexibility index (Phi) is 1.68. The van der Waals surface area contributed by atoms with Crippen LogP contribution < -0.4 is 0 Å². The SMILES string of the molecule is O=C1c2ccccc2Cc2cnccc21. The second-order valence-corrected chi connectivity index (χ2v) is 3.70. The van der Waals surface area contributed by atoms with Gasteiger partial charge in [-0.2, -0.15) is 0 Å². The number of carbonyl (C=O) groups excluding carboxylic acids is 1. The van der Waals surface area contributed by atoms with Crippen molar-refractivity contribution in [3.05, 3.63) is 65.0 Å². The van der Waals surface area contributed by atoms with E-state index < -0.39 is 0 Å². The summed E-state index contributed by atoms with van der Waals surface area (Å²) in [5, 5.41) is 0. The van der Waals surface area contributed by atoms with Crippen LogP contribution in [0.1, 0.15) is 27.0 Å². The highest BCUT2D eigenvalue weighted by Crippen LogP contribution is 2.25. The molecule has 0 bridgehead atoms. The number of fused-ring (bicyclic) bond motifs is 2. The second kappa shape index (κ2) is 3.02. The molecule has 2 heteroatoms. The minimum absolute atomic E-state index is 0.120. The standard InChI is InChI=1S/C13H9NO/c15-13-11-4-2-1-3-9(11)7-10-8-14-6-5-12(10)13/h1-6,8H,7H2. The molecule has 0 saturated carbocycles. The maximum absolute atomic E-state index is 12.1. The first-order valence-electron chi connectivity index (χ1n) is 4.92. The molecule has 1 heterocycles. The first-order valence-corrected chi connectivity index (χ1v) is 4.92. The summed E-state index contributed by atoms with van der Waals surface area (Å²) in [6.45, 7) is 0. The van der Waals surface area contributed by atoms with Gasteiger partial charge in [0.05, 0.1) is 0 Å². The molecule has 0 spiro atoms. The lowest BCUT2D eigenvalue weighted by atomic mass is 9.86. The Hall–Kier alpha value is -1.96. The normalized spacial score (nSPS) is 13.2. The van der Waals surface area contributed by atoms with E-state index in [0.29, 0.717) is 0 Å². The van der Waals surface area contributed by atoms with E-state index in [4.69, 9.17) is 0 Å². The molecular formula is C13H9NO. The molecule has 0 radical (unpaired) electrons. The quantitative estimate of drug-likeness (QED) is 0.550. The van der Waals surface area contributed by atoms with Crippen molar-refractivity contribution in [2.24, 2.45) is 0 Å². The molecule has 0 unspecified atom stereocenters. The zero-order valence-corrected chi connectivity index (χ0v) is 8.10. The van der Waals surface area contributed by atoms with Crippen molar-refractivity contribution < 1.29 is 4.79 Å². The third-order valence-electron chi connectivity index (χ3n) is 2.79. The fourth-order valence-corrected chi connectivity index (χ4v) is 2.04. The van der Waals surface area contributed by atoms with E-state index >= 15 is 0 Å². The Morgan fingerprint density at radius 2 is 1.80 bits per heavy atom. The molecule has 3 rings (SSSR count). The lowest BCUT2D eigenvalue weighted by molar-refractivity contribution is 0.103. The highest BCUT2D eigenvalue weighted by molar-refractivity contribution is 6.12. The van der Waals surface area contributed by atoms with Crippen molar-refractivity contribution in [1.29, 1.82) is 0 Å². The van der Waals surface area contributed by atoms with Gasteiger partial charge in [-0.25, -0.2) is 0 Å². The number of hydrogen-bond donors (Lipinski definition) is 0. The summed E-state index contributed by atoms with van der Waals surface area (Å²) in [5.74, 6) is 0.120. The Bertz CT molecular complexity index is 498. The summed E-state index contributed by atoms with van der Waals surface area (Å²) >= 11 is 0. The molecule has 0 amide bonds. The Balaban J connectivity index is 2.24. The van der Waals surface area contributed by atoms with Crippen molar-refractivity contribution in [2.45, 2.75) is 6.42 Å². The average Bonchev–Trinajstić information content (AvgIpc) is 2.30. The van der Waals surface area contributed by atoms with Crippen molar-refractivity contribution in [2.75, 3.05) is 0 Å². The molecular weight excluding hydrogens is 186 g/mol. The maximum atomic E-state index is 12.1. The van der Waals surface area contributed by atoms with Gasteiger partial charge < -0.3 is 0 Å². The molecule has 1 aromatic heterocycles. The van der Waals surface area contributed by atoms with Gasteiger partial charge in [-0.05, 0) is 17.2 Å². The largest absolute Gasteiger partial charge is 0.289 e. The van der Waals surface area contributed by atoms with Crippen LogP contribution in [0.15, 0.2) is 42.7 Å². The molecule has 2 nitrogen and oxygen atoms in total. The van der Waals surface area contributed by atoms with E-state index in [1.54, 1.807) is 18.5 Å². The zero-order chi connectivity index (χ0) is 10.3. The third kappa shape index (κ3) is 1.18. The van der Waals surface area contributed by atoms with Crippen molar-refractivity contribution in [3.63, 3.8) is 0 Å². The molecule has 0 fully saturated rings. The number of nitrogens with zero attached hydrogens (tertiary/aromatic N) is 1. The van der Waals surface area contributed by atoms with Crippen LogP contribution in [0.3, 0.4) is 0 Å². The monoisotopic (exact) mass is 195 g/mol. The summed E-state index contributed by atoms with van der Waals surface area (Å²) in [7, 11) is 0. The lowest BCUT2D eigenvalue weighted by Crippen LogP contribution is -2.14. The van der Waals surface area contributed by atoms with E-state index in [1.165, 1.54) is 0 Å². The van der Waals surface area contributed by atoms with Crippen molar-refractivity contribution in [1.82, 2.24) is 4.98 Å². The number of hydrogen-bond acceptors (Lipinski definition) is 2. The molecule has 2 aromatic rings. The van der Waals surface area contributed by atoms with E-state index in [-0.39, 0.29) is 5.78 Å². The molecule has 0 atom stereocenters. The minimum Gasteiger partial charge on any atom is -0.289 e. The van der Waals surface area contributed by atoms with Crippen LogP contribution in [0.4, 0.5) is 0 Å². The predicted molar refractivity (Wildman–Crippen MR) is 56.9 cm³/mol. The molecule has 1 aromatic carbocycles. The van der Waals surface area contributed by atoms with Gasteiger partial charge in [0.1, 0.15) is 0 Å². The van der Waals surface area contributed by atoms with Gasteiger partial charge in [-0.15, -0.1) is 0 Å². The number of benzene rings is 1. The molecule has 0 aliphatic heterocycles. The van der Waals surface area contributed by atoms with Crippen LogP contribution in [0.2, 0.25) is 0 Å². The topological polar surface area (TPSA) is 30.0 Å². The highest BCUT2D eigenvalue weighted by atomic mass is 16.1. The summed E-state index contributed by atoms with van der Waals surface area (Å²) in [5.41, 5.74) is 3.75. The van der Waals surface area contributed by atoms with Gasteiger partial charge >= 0.3 is 0 Å². The van der Waals surface area contributed by atoms with Crippen LogP contribution in [-0.4, -0.2) is 10.8 Å². The first kappa shape index (κ1) is 8.36. The number of pyridine rings is 1. The van der Waals surface area contributed by atoms with Gasteiger partial charge in [0.25, 0.3) is 0 Å². The van der Waals surface area contributed by atoms with E-state index in [2.05, 4.69) is 4.98 Å². The molecule has 1 aliphatic carbocycles. The molecule has 0 saturated heterocycles. The van der Waals surface area contributed by atoms with Gasteiger partial charge in [0, 0.05) is 29.9 Å². The van der Waals surface area contributed by atoms with Crippen LogP contribution in [0, 0.1) is 0 Å². The van der Waals surface area contributed by atoms with E-state index in [0.717, 1.165) is 28.7 Å². The van der Waals surface area contributed by atoms with E-state index in [9.17, 15) is 4.79 Å². The highest BCUT2D eigenvalue weighted by Gasteiger charge is 2.21. The molecule has 0 N–H and O–H groups in total. The molecule has 1 aliphatic rings. The summed E-state index contributed by atoms with van der Waals surface area (Å²) < 4.78 is 0. The fraction of sp³-hybridized carbons (Fsp3) is 0.0769. The number of carbonyl (C=O) groups is 1. The van der Waals surface area contributed by atoms with Crippen LogP contribution in [-0.2, 0) is 6.42 Å². The Morgan fingerprint density at radius 3 is 2.73 bits per heavy atom. The van der Waals surface area contributed by atoms with Crippen LogP contribution in [0.25, 0.3) is 0 Å². The average molecular weight is 195 g/mol. The van der Waals surface area contributed by atoms with Gasteiger partial charge in [-0.3, -0.25) is 9.78 Å². The number of aromatic nitrogens is 1. The lowest BCUT2D eigenvalue weighted by Gasteiger charge is -2.17. The van der Waals surface area contributed by atoms with Gasteiger partial charge in [0.15, 0.2) is 5.78 Å². The van der Waals surface area contributed by atoms with Crippen molar-refractivity contribution in [3.8, 4) is 0 Å². The third-order valence-corrected chi connectivity index (χ3v) is 2.79. The first-order chi connectivity index (χ1) is 7.36. The van der Waals surface area contributed by atoms with E-state index in [1.807, 2.05) is 24.3 Å². The van der Waals surface area contributed by atoms with Gasteiger partial charge in [0.2, 0.25) is 0 Å². The number of ketones is 1. The van der Waals surface area contributed by atoms with Crippen LogP contribution >= 0.6 is 0 Å². The zero-order valence-electron chi connectivity index (χ0n) is 8.10. The minimum atomic E-state index is 0.120. The fourth-order valence-electron chi connectivity index (χ4n) is 2.04. The Morgan fingerprint density at radius 1 is 1.00 bits per heavy atom. The summed E-state index contributed by atoms with van der Waals surface area (Å²) in [4.78, 5) is 16.1. The smallest absolute Gasteiger partial charge is 0.193 e. The summed E-state index contributed by atoms with van der Waals surface area (Å²) in [6.07, 6.45) is 4.26.